The van der Waals surface area contributed by atoms with Crippen molar-refractivity contribution >= 4 is 0 Å². The molecule has 22 nitrogen and oxygen atoms in total. The maximum Gasteiger partial charge on any atom is 0.187 e. The quantitative estimate of drug-likeness (QED) is 0.0905. The molecule has 4 heterocycles. The van der Waals surface area contributed by atoms with Gasteiger partial charge in [-0.05, 0) is 85.0 Å². The van der Waals surface area contributed by atoms with E-state index in [-0.39, 0.29) is 41.3 Å². The number of aliphatic hydroxyl groups excluding tert-OH is 14. The van der Waals surface area contributed by atoms with Gasteiger partial charge in [0.25, 0.3) is 0 Å². The molecule has 5 aliphatic carbocycles. The zero-order valence-electron chi connectivity index (χ0n) is 43.3. The van der Waals surface area contributed by atoms with E-state index in [2.05, 4.69) is 46.8 Å². The standard InChI is InChI=1S/C52H84O22/c1-47(2)13-14-52(22-56)24(15-47)23-7-8-30-48(3)11-10-32(49(4,21-55)29(48)9-12-50(30,5)51(23,6)16-31(52)58)72-45-41(74-44-40(66)37(63)34(60)26(17-53)69-44)36(62)28(20-68-45)71-46-42(38(64)35(61)27(18-54)70-46)73-43-39(65)33(59)25(57)19-67-43/h7-8,25-46,53-66H,9-22H2,1-6H3/t25-,26-,27-,28+,29?,30?,31?,32+,33-,34-,35-,36-,37+,38-,39-,40-,41-,42-,43+,44+,45+,46+,48+,49+,50-,51?,52-/m1/s1. The molecule has 0 amide bonds. The van der Waals surface area contributed by atoms with Crippen LogP contribution >= 0.6 is 0 Å². The highest BCUT2D eigenvalue weighted by Gasteiger charge is 2.69. The van der Waals surface area contributed by atoms with Gasteiger partial charge in [-0.15, -0.1) is 0 Å². The maximum absolute atomic E-state index is 12.3. The van der Waals surface area contributed by atoms with Crippen LogP contribution in [0.2, 0.25) is 0 Å². The molecule has 4 saturated heterocycles. The average molecular weight is 1060 g/mol. The summed E-state index contributed by atoms with van der Waals surface area (Å²) in [6, 6.07) is 0. The van der Waals surface area contributed by atoms with E-state index in [0.717, 1.165) is 19.3 Å². The number of fused-ring (bicyclic) bond motifs is 6. The minimum Gasteiger partial charge on any atom is -0.396 e. The summed E-state index contributed by atoms with van der Waals surface area (Å²) in [6.07, 6.45) is -22.0. The SMILES string of the molecule is CC1(C)CC[C@@]2(CO)C(=C3C=CC4[C@@]5(C)CC[C@H](O[C@@H]6OC[C@H](O[C@@H]7O[C@H](CO)[C@@H](O)[C@@H](O)[C@H]7O[C@@H]7OC[C@@H](O)[C@@H](O)[C@H]7O)[C@@H](O)[C@H]6O[C@@H]6O[C@H](CO)[C@@H](O)[C@H](O)[C@H]6O)[C@@](C)(CO)C5CC[C@@]4(C)C3(C)CC2O)C1. The van der Waals surface area contributed by atoms with Gasteiger partial charge in [0.05, 0.1) is 51.8 Å². The lowest BCUT2D eigenvalue weighted by atomic mass is 9.35. The molecule has 424 valence electrons. The summed E-state index contributed by atoms with van der Waals surface area (Å²) >= 11 is 0. The van der Waals surface area contributed by atoms with E-state index in [1.54, 1.807) is 0 Å². The van der Waals surface area contributed by atoms with Gasteiger partial charge in [0, 0.05) is 16.2 Å². The molecule has 7 fully saturated rings. The Morgan fingerprint density at radius 3 is 1.86 bits per heavy atom. The Hall–Kier alpha value is -1.40. The van der Waals surface area contributed by atoms with E-state index < -0.39 is 165 Å². The Bertz CT molecular complexity index is 2040. The van der Waals surface area contributed by atoms with Crippen LogP contribution in [-0.2, 0) is 37.9 Å². The molecular weight excluding hydrogens is 977 g/mol. The van der Waals surface area contributed by atoms with Gasteiger partial charge in [0.2, 0.25) is 0 Å². The van der Waals surface area contributed by atoms with E-state index in [9.17, 15) is 71.5 Å². The van der Waals surface area contributed by atoms with Crippen molar-refractivity contribution < 1.29 is 109 Å². The lowest BCUT2D eigenvalue weighted by Gasteiger charge is -2.70. The van der Waals surface area contributed by atoms with Crippen molar-refractivity contribution in [2.24, 2.45) is 44.3 Å². The van der Waals surface area contributed by atoms with Crippen molar-refractivity contribution in [3.05, 3.63) is 23.3 Å². The minimum absolute atomic E-state index is 0.00812. The second kappa shape index (κ2) is 20.9. The fraction of sp³-hybridized carbons (Fsp3) is 0.923. The Labute approximate surface area is 431 Å². The van der Waals surface area contributed by atoms with E-state index in [1.807, 2.05) is 6.92 Å². The Morgan fingerprint density at radius 1 is 0.581 bits per heavy atom. The summed E-state index contributed by atoms with van der Waals surface area (Å²) in [6.45, 7) is 10.4. The molecular formula is C52H84O22. The Morgan fingerprint density at radius 2 is 1.20 bits per heavy atom. The fourth-order valence-corrected chi connectivity index (χ4v) is 15.4. The van der Waals surface area contributed by atoms with E-state index in [4.69, 9.17) is 37.9 Å². The monoisotopic (exact) mass is 1060 g/mol. The summed E-state index contributed by atoms with van der Waals surface area (Å²) in [5.41, 5.74) is -0.344. The summed E-state index contributed by atoms with van der Waals surface area (Å²) in [7, 11) is 0. The topological polar surface area (TPSA) is 357 Å². The molecule has 9 aliphatic rings. The number of ether oxygens (including phenoxy) is 8. The van der Waals surface area contributed by atoms with Gasteiger partial charge in [-0.25, -0.2) is 0 Å². The molecule has 0 radical (unpaired) electrons. The summed E-state index contributed by atoms with van der Waals surface area (Å²) in [4.78, 5) is 0. The van der Waals surface area contributed by atoms with E-state index in [0.29, 0.717) is 32.1 Å². The molecule has 3 saturated carbocycles. The van der Waals surface area contributed by atoms with Crippen molar-refractivity contribution in [3.63, 3.8) is 0 Å². The first-order valence-corrected chi connectivity index (χ1v) is 26.6. The molecule has 4 aliphatic heterocycles. The largest absolute Gasteiger partial charge is 0.396 e. The molecule has 0 bridgehead atoms. The highest BCUT2D eigenvalue weighted by molar-refractivity contribution is 5.47. The smallest absolute Gasteiger partial charge is 0.187 e. The summed E-state index contributed by atoms with van der Waals surface area (Å²) < 4.78 is 48.4. The lowest BCUT2D eigenvalue weighted by molar-refractivity contribution is -0.392. The average Bonchev–Trinajstić information content (AvgIpc) is 3.36. The third-order valence-corrected chi connectivity index (χ3v) is 20.4. The van der Waals surface area contributed by atoms with Crippen LogP contribution < -0.4 is 0 Å². The zero-order valence-corrected chi connectivity index (χ0v) is 43.3. The predicted octanol–water partition coefficient (Wildman–Crippen LogP) is -2.42. The maximum atomic E-state index is 12.3. The molecule has 0 aromatic rings. The number of hydrogen-bond acceptors (Lipinski definition) is 22. The van der Waals surface area contributed by atoms with Crippen molar-refractivity contribution in [1.29, 1.82) is 0 Å². The van der Waals surface area contributed by atoms with Crippen LogP contribution in [0.4, 0.5) is 0 Å². The minimum atomic E-state index is -1.93. The molecule has 27 atom stereocenters. The molecule has 14 N–H and O–H groups in total. The number of rotatable bonds is 12. The van der Waals surface area contributed by atoms with Crippen LogP contribution in [-0.4, -0.2) is 234 Å². The first-order valence-electron chi connectivity index (χ1n) is 26.6. The van der Waals surface area contributed by atoms with Gasteiger partial charge < -0.3 is 109 Å². The summed E-state index contributed by atoms with van der Waals surface area (Å²) in [5, 5.41) is 153. The highest BCUT2D eigenvalue weighted by atomic mass is 16.8. The molecule has 22 heteroatoms. The van der Waals surface area contributed by atoms with Crippen LogP contribution in [0.15, 0.2) is 23.3 Å². The predicted molar refractivity (Wildman–Crippen MR) is 253 cm³/mol. The number of allylic oxidation sites excluding steroid dienone is 3. The number of hydrogen-bond donors (Lipinski definition) is 14. The third kappa shape index (κ3) is 9.12. The Kier molecular flexibility index (Phi) is 16.2. The Balaban J connectivity index is 0.995. The molecule has 74 heavy (non-hydrogen) atoms. The summed E-state index contributed by atoms with van der Waals surface area (Å²) in [5.74, 6) is -0.122. The van der Waals surface area contributed by atoms with E-state index in [1.165, 1.54) is 11.1 Å². The highest BCUT2D eigenvalue weighted by Crippen LogP contribution is 2.74. The zero-order chi connectivity index (χ0) is 53.8. The van der Waals surface area contributed by atoms with Crippen LogP contribution in [0.5, 0.6) is 0 Å². The second-order valence-corrected chi connectivity index (χ2v) is 25.0. The van der Waals surface area contributed by atoms with Crippen LogP contribution in [0.25, 0.3) is 0 Å². The van der Waals surface area contributed by atoms with Crippen molar-refractivity contribution in [3.8, 4) is 0 Å². The van der Waals surface area contributed by atoms with Crippen molar-refractivity contribution in [2.45, 2.75) is 216 Å². The van der Waals surface area contributed by atoms with Gasteiger partial charge in [-0.2, -0.15) is 0 Å². The van der Waals surface area contributed by atoms with Gasteiger partial charge in [0.1, 0.15) is 85.5 Å². The first kappa shape index (κ1) is 57.3. The van der Waals surface area contributed by atoms with Gasteiger partial charge in [-0.1, -0.05) is 59.3 Å². The molecule has 0 aromatic heterocycles. The van der Waals surface area contributed by atoms with Gasteiger partial charge >= 0.3 is 0 Å². The first-order chi connectivity index (χ1) is 34.8. The molecule has 0 spiro atoms. The van der Waals surface area contributed by atoms with Gasteiger partial charge in [-0.3, -0.25) is 0 Å². The van der Waals surface area contributed by atoms with Crippen LogP contribution in [0.3, 0.4) is 0 Å². The molecule has 0 aromatic carbocycles. The third-order valence-electron chi connectivity index (χ3n) is 20.4. The lowest BCUT2D eigenvalue weighted by Crippen LogP contribution is -2.67. The van der Waals surface area contributed by atoms with Gasteiger partial charge in [0.15, 0.2) is 25.2 Å². The molecule has 9 rings (SSSR count). The molecule has 4 unspecified atom stereocenters. The fourth-order valence-electron chi connectivity index (χ4n) is 15.4. The second-order valence-electron chi connectivity index (χ2n) is 25.0. The normalized spacial score (nSPS) is 54.4. The van der Waals surface area contributed by atoms with Crippen LogP contribution in [0.1, 0.15) is 92.9 Å². The number of aliphatic hydroxyl groups is 14. The van der Waals surface area contributed by atoms with Crippen LogP contribution in [0, 0.1) is 44.3 Å². The van der Waals surface area contributed by atoms with Crippen molar-refractivity contribution in [1.82, 2.24) is 0 Å². The van der Waals surface area contributed by atoms with Crippen molar-refractivity contribution in [2.75, 3.05) is 39.6 Å². The van der Waals surface area contributed by atoms with E-state index >= 15 is 0 Å².